The molecular formula is C25H38O4. The van der Waals surface area contributed by atoms with Gasteiger partial charge in [0, 0.05) is 5.56 Å². The number of carboxylic acid groups (broad SMARTS) is 1. The van der Waals surface area contributed by atoms with Crippen LogP contribution in [0.2, 0.25) is 0 Å². The second-order valence-corrected chi connectivity index (χ2v) is 9.53. The Balaban J connectivity index is 2.33. The van der Waals surface area contributed by atoms with Crippen LogP contribution in [0.1, 0.15) is 96.1 Å². The van der Waals surface area contributed by atoms with Gasteiger partial charge in [0.25, 0.3) is 0 Å². The van der Waals surface area contributed by atoms with Crippen molar-refractivity contribution < 1.29 is 20.1 Å². The predicted octanol–water partition coefficient (Wildman–Crippen LogP) is 6.51. The Morgan fingerprint density at radius 3 is 2.28 bits per heavy atom. The fourth-order valence-electron chi connectivity index (χ4n) is 4.84. The number of allylic oxidation sites excluding steroid dienone is 1. The van der Waals surface area contributed by atoms with Crippen molar-refractivity contribution in [2.45, 2.75) is 90.4 Å². The average molecular weight is 403 g/mol. The number of carbonyl (C=O) groups is 1. The summed E-state index contributed by atoms with van der Waals surface area (Å²) in [5.74, 6) is -1.28. The second kappa shape index (κ2) is 9.69. The summed E-state index contributed by atoms with van der Waals surface area (Å²) < 4.78 is 0. The van der Waals surface area contributed by atoms with Crippen molar-refractivity contribution in [2.24, 2.45) is 11.8 Å². The summed E-state index contributed by atoms with van der Waals surface area (Å²) >= 11 is 0. The molecule has 4 nitrogen and oxygen atoms in total. The Labute approximate surface area is 175 Å². The van der Waals surface area contributed by atoms with Gasteiger partial charge in [-0.3, -0.25) is 4.79 Å². The zero-order valence-corrected chi connectivity index (χ0v) is 18.5. The number of unbranched alkanes of at least 4 members (excludes halogenated alkanes) is 3. The molecule has 1 aliphatic carbocycles. The highest BCUT2D eigenvalue weighted by molar-refractivity contribution is 5.70. The van der Waals surface area contributed by atoms with Crippen LogP contribution in [0.25, 0.3) is 0 Å². The molecule has 1 aromatic rings. The maximum Gasteiger partial charge on any atom is 0.306 e. The van der Waals surface area contributed by atoms with E-state index in [-0.39, 0.29) is 28.7 Å². The number of aromatic hydroxyl groups is 2. The molecule has 1 aromatic carbocycles. The summed E-state index contributed by atoms with van der Waals surface area (Å²) in [5.41, 5.74) is 2.23. The maximum atomic E-state index is 11.6. The molecule has 0 spiro atoms. The fourth-order valence-corrected chi connectivity index (χ4v) is 4.84. The van der Waals surface area contributed by atoms with Crippen LogP contribution >= 0.6 is 0 Å². The van der Waals surface area contributed by atoms with E-state index in [1.165, 1.54) is 19.3 Å². The lowest BCUT2D eigenvalue weighted by Gasteiger charge is -2.36. The van der Waals surface area contributed by atoms with Crippen LogP contribution in [0.5, 0.6) is 11.5 Å². The summed E-state index contributed by atoms with van der Waals surface area (Å²) in [4.78, 5) is 11.6. The van der Waals surface area contributed by atoms with E-state index in [1.807, 2.05) is 6.92 Å². The Kier molecular flexibility index (Phi) is 7.79. The lowest BCUT2D eigenvalue weighted by Crippen LogP contribution is -2.28. The van der Waals surface area contributed by atoms with Crippen LogP contribution in [0, 0.1) is 11.8 Å². The molecule has 3 atom stereocenters. The Morgan fingerprint density at radius 2 is 1.76 bits per heavy atom. The summed E-state index contributed by atoms with van der Waals surface area (Å²) in [6, 6.07) is 3.55. The summed E-state index contributed by atoms with van der Waals surface area (Å²) in [6.45, 7) is 12.5. The number of phenols is 2. The molecule has 0 saturated heterocycles. The largest absolute Gasteiger partial charge is 0.508 e. The number of aliphatic carboxylic acids is 1. The molecule has 0 aliphatic heterocycles. The predicted molar refractivity (Wildman–Crippen MR) is 118 cm³/mol. The lowest BCUT2D eigenvalue weighted by atomic mass is 9.68. The number of hydrogen-bond acceptors (Lipinski definition) is 3. The standard InChI is InChI=1S/C25H38O4/c1-6-7-8-9-12-25(4,5)18-14-21(26)23(22(27)15-18)20-13-17(24(28)29)10-11-19(20)16(2)3/h14-15,17,19-20,26-27H,2,6-13H2,1,3-5H3,(H,28,29). The summed E-state index contributed by atoms with van der Waals surface area (Å²) in [7, 11) is 0. The van der Waals surface area contributed by atoms with E-state index in [1.54, 1.807) is 12.1 Å². The zero-order chi connectivity index (χ0) is 21.8. The highest BCUT2D eigenvalue weighted by Crippen LogP contribution is 2.50. The van der Waals surface area contributed by atoms with Gasteiger partial charge in [0.05, 0.1) is 5.92 Å². The third-order valence-corrected chi connectivity index (χ3v) is 6.78. The van der Waals surface area contributed by atoms with Gasteiger partial charge in [-0.05, 0) is 67.6 Å². The van der Waals surface area contributed by atoms with Gasteiger partial charge < -0.3 is 15.3 Å². The molecular weight excluding hydrogens is 364 g/mol. The topological polar surface area (TPSA) is 77.8 Å². The average Bonchev–Trinajstić information content (AvgIpc) is 2.64. The molecule has 0 heterocycles. The third-order valence-electron chi connectivity index (χ3n) is 6.78. The van der Waals surface area contributed by atoms with Crippen LogP contribution in [0.3, 0.4) is 0 Å². The fraction of sp³-hybridized carbons (Fsp3) is 0.640. The summed E-state index contributed by atoms with van der Waals surface area (Å²) in [5, 5.41) is 31.3. The normalized spacial score (nSPS) is 22.4. The van der Waals surface area contributed by atoms with Crippen molar-refractivity contribution >= 4 is 5.97 Å². The van der Waals surface area contributed by atoms with Gasteiger partial charge in [0.15, 0.2) is 0 Å². The number of phenolic OH excluding ortho intramolecular Hbond substituents is 2. The first-order valence-electron chi connectivity index (χ1n) is 11.0. The summed E-state index contributed by atoms with van der Waals surface area (Å²) in [6.07, 6.45) is 7.44. The lowest BCUT2D eigenvalue weighted by molar-refractivity contribution is -0.143. The molecule has 4 heteroatoms. The van der Waals surface area contributed by atoms with Crippen molar-refractivity contribution in [3.05, 3.63) is 35.4 Å². The molecule has 0 radical (unpaired) electrons. The van der Waals surface area contributed by atoms with Crippen LogP contribution < -0.4 is 0 Å². The minimum atomic E-state index is -0.807. The molecule has 2 rings (SSSR count). The molecule has 162 valence electrons. The van der Waals surface area contributed by atoms with Gasteiger partial charge in [-0.15, -0.1) is 0 Å². The van der Waals surface area contributed by atoms with Crippen molar-refractivity contribution in [3.63, 3.8) is 0 Å². The van der Waals surface area contributed by atoms with E-state index < -0.39 is 11.9 Å². The monoisotopic (exact) mass is 402 g/mol. The molecule has 1 fully saturated rings. The highest BCUT2D eigenvalue weighted by atomic mass is 16.4. The number of carboxylic acids is 1. The first kappa shape index (κ1) is 23.3. The number of hydrogen-bond donors (Lipinski definition) is 3. The minimum absolute atomic E-state index is 0.0651. The third kappa shape index (κ3) is 5.55. The molecule has 29 heavy (non-hydrogen) atoms. The molecule has 0 bridgehead atoms. The molecule has 3 N–H and O–H groups in total. The van der Waals surface area contributed by atoms with Crippen molar-refractivity contribution in [3.8, 4) is 11.5 Å². The smallest absolute Gasteiger partial charge is 0.306 e. The van der Waals surface area contributed by atoms with Gasteiger partial charge in [-0.2, -0.15) is 0 Å². The Morgan fingerprint density at radius 1 is 1.14 bits per heavy atom. The SMILES string of the molecule is C=C(C)C1CCC(C(=O)O)CC1c1c(O)cc(C(C)(C)CCCCCC)cc1O. The van der Waals surface area contributed by atoms with E-state index in [0.717, 1.165) is 24.0 Å². The number of rotatable bonds is 9. The van der Waals surface area contributed by atoms with E-state index in [0.29, 0.717) is 24.8 Å². The molecule has 1 aliphatic rings. The van der Waals surface area contributed by atoms with Gasteiger partial charge in [-0.25, -0.2) is 0 Å². The van der Waals surface area contributed by atoms with Crippen LogP contribution in [-0.4, -0.2) is 21.3 Å². The second-order valence-electron chi connectivity index (χ2n) is 9.53. The zero-order valence-electron chi connectivity index (χ0n) is 18.5. The Hall–Kier alpha value is -1.97. The van der Waals surface area contributed by atoms with E-state index in [4.69, 9.17) is 0 Å². The van der Waals surface area contributed by atoms with Gasteiger partial charge in [0.2, 0.25) is 0 Å². The van der Waals surface area contributed by atoms with Crippen molar-refractivity contribution in [1.29, 1.82) is 0 Å². The van der Waals surface area contributed by atoms with E-state index in [2.05, 4.69) is 27.4 Å². The van der Waals surface area contributed by atoms with E-state index in [9.17, 15) is 20.1 Å². The Bertz CT molecular complexity index is 711. The van der Waals surface area contributed by atoms with Gasteiger partial charge in [-0.1, -0.05) is 58.6 Å². The van der Waals surface area contributed by atoms with Gasteiger partial charge >= 0.3 is 5.97 Å². The highest BCUT2D eigenvalue weighted by Gasteiger charge is 2.38. The molecule has 0 aromatic heterocycles. The van der Waals surface area contributed by atoms with E-state index >= 15 is 0 Å². The van der Waals surface area contributed by atoms with Gasteiger partial charge in [0.1, 0.15) is 11.5 Å². The van der Waals surface area contributed by atoms with Crippen molar-refractivity contribution in [2.75, 3.05) is 0 Å². The molecule has 0 amide bonds. The molecule has 3 unspecified atom stereocenters. The first-order valence-corrected chi connectivity index (χ1v) is 11.0. The maximum absolute atomic E-state index is 11.6. The van der Waals surface area contributed by atoms with Crippen LogP contribution in [-0.2, 0) is 10.2 Å². The van der Waals surface area contributed by atoms with Crippen LogP contribution in [0.15, 0.2) is 24.3 Å². The molecule has 1 saturated carbocycles. The number of benzene rings is 1. The van der Waals surface area contributed by atoms with Crippen molar-refractivity contribution in [1.82, 2.24) is 0 Å². The first-order chi connectivity index (χ1) is 13.6. The van der Waals surface area contributed by atoms with Crippen LogP contribution in [0.4, 0.5) is 0 Å². The quantitative estimate of drug-likeness (QED) is 0.325. The minimum Gasteiger partial charge on any atom is -0.508 e.